The van der Waals surface area contributed by atoms with Crippen LogP contribution in [0.25, 0.3) is 0 Å². The second kappa shape index (κ2) is 9.18. The van der Waals surface area contributed by atoms with Gasteiger partial charge in [0, 0.05) is 37.2 Å². The van der Waals surface area contributed by atoms with Gasteiger partial charge in [0.1, 0.15) is 0 Å². The van der Waals surface area contributed by atoms with Crippen LogP contribution in [-0.2, 0) is 9.53 Å². The first-order chi connectivity index (χ1) is 15.1. The second-order valence-electron chi connectivity index (χ2n) is 6.85. The van der Waals surface area contributed by atoms with Gasteiger partial charge in [0.2, 0.25) is 0 Å². The quantitative estimate of drug-likeness (QED) is 0.499. The molecule has 0 aromatic heterocycles. The molecule has 168 valence electrons. The van der Waals surface area contributed by atoms with Crippen molar-refractivity contribution in [3.63, 3.8) is 0 Å². The van der Waals surface area contributed by atoms with Gasteiger partial charge in [-0.05, 0) is 48.9 Å². The molecule has 2 aromatic rings. The van der Waals surface area contributed by atoms with Crippen LogP contribution >= 0.6 is 0 Å². The van der Waals surface area contributed by atoms with E-state index in [1.807, 2.05) is 0 Å². The summed E-state index contributed by atoms with van der Waals surface area (Å²) in [7, 11) is 1.51. The number of benzene rings is 2. The fourth-order valence-corrected chi connectivity index (χ4v) is 3.04. The SMILES string of the molecule is COCCCN1C(=O)c2ccc(C(=O)Nc3ccc(NC(=O)C(F)(F)F)cc3)cc2C1=O. The number of carbonyl (C=O) groups excluding carboxylic acids is 4. The van der Waals surface area contributed by atoms with Crippen molar-refractivity contribution in [3.8, 4) is 0 Å². The Kier molecular flexibility index (Phi) is 6.58. The number of nitrogens with one attached hydrogen (secondary N) is 2. The standard InChI is InChI=1S/C21H18F3N3O5/c1-32-10-2-9-27-18(29)15-8-3-12(11-16(15)19(27)30)17(28)25-13-4-6-14(7-5-13)26-20(31)21(22,23)24/h3-8,11H,2,9-10H2,1H3,(H,25,28)(H,26,31). The molecule has 0 bridgehead atoms. The lowest BCUT2D eigenvalue weighted by atomic mass is 10.1. The third kappa shape index (κ3) is 4.94. The fourth-order valence-electron chi connectivity index (χ4n) is 3.04. The number of methoxy groups -OCH3 is 1. The summed E-state index contributed by atoms with van der Waals surface area (Å²) in [6.07, 6.45) is -4.53. The first-order valence-electron chi connectivity index (χ1n) is 9.40. The molecular formula is C21H18F3N3O5. The smallest absolute Gasteiger partial charge is 0.385 e. The number of nitrogens with zero attached hydrogens (tertiary/aromatic N) is 1. The number of hydrogen-bond donors (Lipinski definition) is 2. The van der Waals surface area contributed by atoms with E-state index in [-0.39, 0.29) is 34.6 Å². The molecule has 0 saturated carbocycles. The Morgan fingerprint density at radius 2 is 1.53 bits per heavy atom. The number of imide groups is 1. The van der Waals surface area contributed by atoms with E-state index in [1.165, 1.54) is 49.6 Å². The van der Waals surface area contributed by atoms with Crippen LogP contribution in [0.5, 0.6) is 0 Å². The van der Waals surface area contributed by atoms with Crippen LogP contribution in [-0.4, -0.2) is 55.0 Å². The number of rotatable bonds is 7. The van der Waals surface area contributed by atoms with Crippen molar-refractivity contribution in [1.82, 2.24) is 4.90 Å². The monoisotopic (exact) mass is 449 g/mol. The third-order valence-corrected chi connectivity index (χ3v) is 4.62. The molecule has 2 aromatic carbocycles. The highest BCUT2D eigenvalue weighted by Crippen LogP contribution is 2.25. The van der Waals surface area contributed by atoms with Crippen LogP contribution in [0.3, 0.4) is 0 Å². The maximum Gasteiger partial charge on any atom is 0.471 e. The maximum atomic E-state index is 12.5. The van der Waals surface area contributed by atoms with E-state index in [2.05, 4.69) is 5.32 Å². The van der Waals surface area contributed by atoms with Gasteiger partial charge < -0.3 is 15.4 Å². The molecule has 1 heterocycles. The molecule has 0 radical (unpaired) electrons. The van der Waals surface area contributed by atoms with Gasteiger partial charge in [0.15, 0.2) is 0 Å². The number of amides is 4. The van der Waals surface area contributed by atoms with Crippen LogP contribution in [0.15, 0.2) is 42.5 Å². The minimum absolute atomic E-state index is 0.0967. The van der Waals surface area contributed by atoms with E-state index in [1.54, 1.807) is 5.32 Å². The molecule has 0 spiro atoms. The number of fused-ring (bicyclic) bond motifs is 1. The van der Waals surface area contributed by atoms with Crippen LogP contribution in [0.4, 0.5) is 24.5 Å². The summed E-state index contributed by atoms with van der Waals surface area (Å²) in [6.45, 7) is 0.582. The Balaban J connectivity index is 1.68. The average molecular weight is 449 g/mol. The van der Waals surface area contributed by atoms with Crippen LogP contribution in [0.2, 0.25) is 0 Å². The lowest BCUT2D eigenvalue weighted by molar-refractivity contribution is -0.167. The van der Waals surface area contributed by atoms with Crippen LogP contribution in [0.1, 0.15) is 37.5 Å². The minimum atomic E-state index is -5.02. The van der Waals surface area contributed by atoms with Gasteiger partial charge in [-0.25, -0.2) is 0 Å². The Hall–Kier alpha value is -3.73. The zero-order chi connectivity index (χ0) is 23.5. The molecule has 0 atom stereocenters. The van der Waals surface area contributed by atoms with Crippen LogP contribution < -0.4 is 10.6 Å². The molecule has 0 saturated heterocycles. The minimum Gasteiger partial charge on any atom is -0.385 e. The largest absolute Gasteiger partial charge is 0.471 e. The molecule has 4 amide bonds. The van der Waals surface area contributed by atoms with Crippen molar-refractivity contribution in [3.05, 3.63) is 59.2 Å². The predicted octanol–water partition coefficient (Wildman–Crippen LogP) is 3.07. The van der Waals surface area contributed by atoms with Gasteiger partial charge in [0.25, 0.3) is 17.7 Å². The zero-order valence-electron chi connectivity index (χ0n) is 16.8. The summed E-state index contributed by atoms with van der Waals surface area (Å²) in [4.78, 5) is 49.5. The molecule has 1 aliphatic rings. The molecule has 8 nitrogen and oxygen atoms in total. The maximum absolute atomic E-state index is 12.5. The highest BCUT2D eigenvalue weighted by molar-refractivity contribution is 6.22. The number of ether oxygens (including phenoxy) is 1. The van der Waals surface area contributed by atoms with Gasteiger partial charge in [0.05, 0.1) is 11.1 Å². The molecule has 1 aliphatic heterocycles. The highest BCUT2D eigenvalue weighted by Gasteiger charge is 2.38. The van der Waals surface area contributed by atoms with Crippen molar-refractivity contribution in [2.45, 2.75) is 12.6 Å². The van der Waals surface area contributed by atoms with Gasteiger partial charge in [-0.15, -0.1) is 0 Å². The first-order valence-corrected chi connectivity index (χ1v) is 9.40. The van der Waals surface area contributed by atoms with Crippen molar-refractivity contribution in [1.29, 1.82) is 0 Å². The van der Waals surface area contributed by atoms with Gasteiger partial charge >= 0.3 is 12.1 Å². The fraction of sp³-hybridized carbons (Fsp3) is 0.238. The topological polar surface area (TPSA) is 105 Å². The molecule has 0 aliphatic carbocycles. The highest BCUT2D eigenvalue weighted by atomic mass is 19.4. The first kappa shape index (κ1) is 22.9. The number of hydrogen-bond acceptors (Lipinski definition) is 5. The van der Waals surface area contributed by atoms with Crippen molar-refractivity contribution in [2.75, 3.05) is 30.9 Å². The van der Waals surface area contributed by atoms with Gasteiger partial charge in [-0.1, -0.05) is 0 Å². The summed E-state index contributed by atoms with van der Waals surface area (Å²) in [5.41, 5.74) is 0.599. The Bertz CT molecular complexity index is 1070. The lowest BCUT2D eigenvalue weighted by Gasteiger charge is -2.12. The second-order valence-corrected chi connectivity index (χ2v) is 6.85. The lowest BCUT2D eigenvalue weighted by Crippen LogP contribution is -2.31. The Morgan fingerprint density at radius 1 is 0.938 bits per heavy atom. The summed E-state index contributed by atoms with van der Waals surface area (Å²) < 4.78 is 41.8. The summed E-state index contributed by atoms with van der Waals surface area (Å²) in [5, 5.41) is 4.23. The van der Waals surface area contributed by atoms with E-state index < -0.39 is 29.8 Å². The third-order valence-electron chi connectivity index (χ3n) is 4.62. The molecule has 0 unspecified atom stereocenters. The van der Waals surface area contributed by atoms with Crippen molar-refractivity contribution < 1.29 is 37.1 Å². The molecular weight excluding hydrogens is 431 g/mol. The van der Waals surface area contributed by atoms with Gasteiger partial charge in [-0.3, -0.25) is 24.1 Å². The molecule has 2 N–H and O–H groups in total. The molecule has 0 fully saturated rings. The summed E-state index contributed by atoms with van der Waals surface area (Å²) in [6, 6.07) is 9.13. The van der Waals surface area contributed by atoms with E-state index >= 15 is 0 Å². The van der Waals surface area contributed by atoms with E-state index in [4.69, 9.17) is 4.74 Å². The number of anilines is 2. The summed E-state index contributed by atoms with van der Waals surface area (Å²) >= 11 is 0. The van der Waals surface area contributed by atoms with Gasteiger partial charge in [-0.2, -0.15) is 13.2 Å². The van der Waals surface area contributed by atoms with E-state index in [9.17, 15) is 32.3 Å². The number of carbonyl (C=O) groups is 4. The number of alkyl halides is 3. The molecule has 11 heteroatoms. The van der Waals surface area contributed by atoms with Crippen molar-refractivity contribution >= 4 is 35.0 Å². The molecule has 3 rings (SSSR count). The van der Waals surface area contributed by atoms with E-state index in [0.29, 0.717) is 13.0 Å². The van der Waals surface area contributed by atoms with Crippen LogP contribution in [0, 0.1) is 0 Å². The normalized spacial score (nSPS) is 13.2. The average Bonchev–Trinajstić information content (AvgIpc) is 2.99. The van der Waals surface area contributed by atoms with E-state index in [0.717, 1.165) is 4.90 Å². The Labute approximate surface area is 180 Å². The number of halogens is 3. The predicted molar refractivity (Wildman–Crippen MR) is 107 cm³/mol. The zero-order valence-corrected chi connectivity index (χ0v) is 16.8. The molecule has 32 heavy (non-hydrogen) atoms. The van der Waals surface area contributed by atoms with Crippen molar-refractivity contribution in [2.24, 2.45) is 0 Å². The summed E-state index contributed by atoms with van der Waals surface area (Å²) in [5.74, 6) is -3.63. The Morgan fingerprint density at radius 3 is 2.12 bits per heavy atom.